The molecule has 1 N–H and O–H groups in total. The third-order valence-electron chi connectivity index (χ3n) is 5.64. The Labute approximate surface area is 187 Å². The molecule has 1 aromatic heterocycles. The molecule has 168 valence electrons. The second-order valence-electron chi connectivity index (χ2n) is 7.34. The summed E-state index contributed by atoms with van der Waals surface area (Å²) in [5, 5.41) is 3.00. The quantitative estimate of drug-likeness (QED) is 0.627. The normalized spacial score (nSPS) is 15.0. The molecule has 0 radical (unpaired) electrons. The van der Waals surface area contributed by atoms with Crippen molar-refractivity contribution < 1.29 is 23.7 Å². The smallest absolute Gasteiger partial charge is 0.322 e. The van der Waals surface area contributed by atoms with Crippen molar-refractivity contribution in [2.45, 2.75) is 12.6 Å². The van der Waals surface area contributed by atoms with E-state index in [1.807, 2.05) is 59.6 Å². The van der Waals surface area contributed by atoms with Crippen LogP contribution in [0.25, 0.3) is 0 Å². The van der Waals surface area contributed by atoms with Gasteiger partial charge in [-0.1, -0.05) is 0 Å². The number of carbonyl (C=O) groups excluding carboxylic acids is 1. The zero-order chi connectivity index (χ0) is 22.7. The number of methoxy groups -OCH3 is 4. The summed E-state index contributed by atoms with van der Waals surface area (Å²) in [5.74, 6) is 2.33. The molecule has 0 spiro atoms. The lowest BCUT2D eigenvalue weighted by molar-refractivity contribution is 0.181. The summed E-state index contributed by atoms with van der Waals surface area (Å²) in [6.07, 6.45) is 2.03. The van der Waals surface area contributed by atoms with Crippen LogP contribution in [0, 0.1) is 0 Å². The lowest BCUT2D eigenvalue weighted by Gasteiger charge is -2.37. The number of urea groups is 1. The van der Waals surface area contributed by atoms with Gasteiger partial charge in [0.15, 0.2) is 11.5 Å². The van der Waals surface area contributed by atoms with E-state index in [2.05, 4.69) is 9.88 Å². The van der Waals surface area contributed by atoms with Gasteiger partial charge in [0.05, 0.1) is 34.5 Å². The molecule has 0 bridgehead atoms. The minimum Gasteiger partial charge on any atom is -0.497 e. The number of carbonyl (C=O) groups is 1. The molecular formula is C24H27N3O5. The molecule has 2 heterocycles. The summed E-state index contributed by atoms with van der Waals surface area (Å²) < 4.78 is 23.9. The molecule has 3 aromatic rings. The number of anilines is 1. The van der Waals surface area contributed by atoms with Gasteiger partial charge in [0, 0.05) is 30.7 Å². The van der Waals surface area contributed by atoms with E-state index in [4.69, 9.17) is 18.9 Å². The van der Waals surface area contributed by atoms with E-state index in [9.17, 15) is 4.79 Å². The number of nitrogens with one attached hydrogen (secondary N) is 1. The Bertz CT molecular complexity index is 1070. The van der Waals surface area contributed by atoms with Crippen LogP contribution in [0.3, 0.4) is 0 Å². The number of rotatable bonds is 6. The number of nitrogens with zero attached hydrogens (tertiary/aromatic N) is 2. The van der Waals surface area contributed by atoms with Gasteiger partial charge in [-0.2, -0.15) is 0 Å². The van der Waals surface area contributed by atoms with Gasteiger partial charge < -0.3 is 33.7 Å². The average molecular weight is 437 g/mol. The van der Waals surface area contributed by atoms with Gasteiger partial charge in [0.2, 0.25) is 5.75 Å². The molecule has 4 rings (SSSR count). The standard InChI is InChI=1S/C24H27N3O5/c1-29-18-9-7-17(8-10-18)25-24(28)27-13-12-26-11-5-6-19(26)22(27)16-14-20(30-2)23(32-4)21(15-16)31-3/h5-11,14-15,22H,12-13H2,1-4H3,(H,25,28)/t22-/m1/s1. The first-order valence-electron chi connectivity index (χ1n) is 10.3. The lowest BCUT2D eigenvalue weighted by atomic mass is 9.99. The van der Waals surface area contributed by atoms with Crippen LogP contribution in [0.15, 0.2) is 54.7 Å². The van der Waals surface area contributed by atoms with E-state index < -0.39 is 0 Å². The highest BCUT2D eigenvalue weighted by Gasteiger charge is 2.33. The zero-order valence-corrected chi connectivity index (χ0v) is 18.6. The van der Waals surface area contributed by atoms with E-state index in [-0.39, 0.29) is 12.1 Å². The molecule has 2 amide bonds. The molecule has 1 aliphatic heterocycles. The molecule has 8 heteroatoms. The van der Waals surface area contributed by atoms with Gasteiger partial charge in [-0.3, -0.25) is 0 Å². The van der Waals surface area contributed by atoms with Crippen LogP contribution >= 0.6 is 0 Å². The minimum atomic E-state index is -0.328. The minimum absolute atomic E-state index is 0.193. The lowest BCUT2D eigenvalue weighted by Crippen LogP contribution is -2.44. The largest absolute Gasteiger partial charge is 0.497 e. The Kier molecular flexibility index (Phi) is 6.11. The summed E-state index contributed by atoms with van der Waals surface area (Å²) in [7, 11) is 6.34. The predicted molar refractivity (Wildman–Crippen MR) is 121 cm³/mol. The van der Waals surface area contributed by atoms with E-state index in [1.165, 1.54) is 0 Å². The summed E-state index contributed by atoms with van der Waals surface area (Å²) in [5.41, 5.74) is 2.57. The molecule has 0 aliphatic carbocycles. The van der Waals surface area contributed by atoms with Crippen molar-refractivity contribution in [3.63, 3.8) is 0 Å². The average Bonchev–Trinajstić information content (AvgIpc) is 3.31. The van der Waals surface area contributed by atoms with Gasteiger partial charge in [0.1, 0.15) is 5.75 Å². The molecule has 0 saturated carbocycles. The summed E-state index contributed by atoms with van der Waals surface area (Å²) >= 11 is 0. The third kappa shape index (κ3) is 3.91. The Morgan fingerprint density at radius 3 is 2.19 bits per heavy atom. The molecule has 2 aromatic carbocycles. The van der Waals surface area contributed by atoms with Crippen LogP contribution in [0.1, 0.15) is 17.3 Å². The van der Waals surface area contributed by atoms with Gasteiger partial charge in [-0.15, -0.1) is 0 Å². The van der Waals surface area contributed by atoms with E-state index >= 15 is 0 Å². The van der Waals surface area contributed by atoms with Crippen molar-refractivity contribution >= 4 is 11.7 Å². The topological polar surface area (TPSA) is 74.2 Å². The number of aromatic nitrogens is 1. The monoisotopic (exact) mass is 437 g/mol. The Morgan fingerprint density at radius 1 is 0.906 bits per heavy atom. The number of hydrogen-bond acceptors (Lipinski definition) is 5. The third-order valence-corrected chi connectivity index (χ3v) is 5.64. The van der Waals surface area contributed by atoms with Crippen molar-refractivity contribution in [2.75, 3.05) is 40.3 Å². The first-order valence-corrected chi connectivity index (χ1v) is 10.3. The summed E-state index contributed by atoms with van der Waals surface area (Å²) in [6, 6.07) is 14.5. The molecule has 8 nitrogen and oxygen atoms in total. The molecule has 0 fully saturated rings. The fourth-order valence-corrected chi connectivity index (χ4v) is 4.08. The van der Waals surface area contributed by atoms with Crippen molar-refractivity contribution in [1.82, 2.24) is 9.47 Å². The molecule has 1 atom stereocenters. The van der Waals surface area contributed by atoms with Crippen molar-refractivity contribution in [2.24, 2.45) is 0 Å². The van der Waals surface area contributed by atoms with Gasteiger partial charge >= 0.3 is 6.03 Å². The number of hydrogen-bond donors (Lipinski definition) is 1. The van der Waals surface area contributed by atoms with E-state index in [0.717, 1.165) is 17.0 Å². The van der Waals surface area contributed by atoms with Gasteiger partial charge in [0.25, 0.3) is 0 Å². The van der Waals surface area contributed by atoms with Crippen molar-refractivity contribution in [3.05, 3.63) is 66.0 Å². The maximum atomic E-state index is 13.4. The first-order chi connectivity index (χ1) is 15.6. The number of benzene rings is 2. The highest BCUT2D eigenvalue weighted by molar-refractivity contribution is 5.90. The summed E-state index contributed by atoms with van der Waals surface area (Å²) in [6.45, 7) is 1.25. The molecule has 32 heavy (non-hydrogen) atoms. The SMILES string of the molecule is COc1ccc(NC(=O)N2CCn3cccc3[C@H]2c2cc(OC)c(OC)c(OC)c2)cc1. The Morgan fingerprint density at radius 2 is 1.59 bits per heavy atom. The molecule has 0 saturated heterocycles. The highest BCUT2D eigenvalue weighted by Crippen LogP contribution is 2.43. The first kappa shape index (κ1) is 21.4. The molecule has 0 unspecified atom stereocenters. The van der Waals surface area contributed by atoms with Crippen molar-refractivity contribution in [3.8, 4) is 23.0 Å². The number of fused-ring (bicyclic) bond motifs is 1. The van der Waals surface area contributed by atoms with Crippen LogP contribution in [0.4, 0.5) is 10.5 Å². The van der Waals surface area contributed by atoms with Gasteiger partial charge in [-0.05, 0) is 54.1 Å². The zero-order valence-electron chi connectivity index (χ0n) is 18.6. The predicted octanol–water partition coefficient (Wildman–Crippen LogP) is 4.16. The van der Waals surface area contributed by atoms with Gasteiger partial charge in [-0.25, -0.2) is 4.79 Å². The number of ether oxygens (including phenoxy) is 4. The van der Waals surface area contributed by atoms with Crippen LogP contribution in [0.2, 0.25) is 0 Å². The van der Waals surface area contributed by atoms with Crippen LogP contribution < -0.4 is 24.3 Å². The van der Waals surface area contributed by atoms with Crippen LogP contribution in [-0.4, -0.2) is 50.5 Å². The van der Waals surface area contributed by atoms with E-state index in [1.54, 1.807) is 28.4 Å². The maximum absolute atomic E-state index is 13.4. The number of amides is 2. The fraction of sp³-hybridized carbons (Fsp3) is 0.292. The second kappa shape index (κ2) is 9.13. The van der Waals surface area contributed by atoms with Crippen molar-refractivity contribution in [1.29, 1.82) is 0 Å². The Hall–Kier alpha value is -3.81. The van der Waals surface area contributed by atoms with Crippen LogP contribution in [0.5, 0.6) is 23.0 Å². The second-order valence-corrected chi connectivity index (χ2v) is 7.34. The molecule has 1 aliphatic rings. The van der Waals surface area contributed by atoms with E-state index in [0.29, 0.717) is 36.0 Å². The maximum Gasteiger partial charge on any atom is 0.322 e. The highest BCUT2D eigenvalue weighted by atomic mass is 16.5. The fourth-order valence-electron chi connectivity index (χ4n) is 4.08. The Balaban J connectivity index is 1.72. The summed E-state index contributed by atoms with van der Waals surface area (Å²) in [4.78, 5) is 15.2. The molecular weight excluding hydrogens is 410 g/mol. The van der Waals surface area contributed by atoms with Crippen LogP contribution in [-0.2, 0) is 6.54 Å².